The van der Waals surface area contributed by atoms with Gasteiger partial charge in [0, 0.05) is 5.39 Å². The lowest BCUT2D eigenvalue weighted by Gasteiger charge is -2.04. The summed E-state index contributed by atoms with van der Waals surface area (Å²) in [5.41, 5.74) is -1.34. The van der Waals surface area contributed by atoms with Gasteiger partial charge in [0.05, 0.1) is 0 Å². The number of H-pyrrole nitrogens is 1. The Balaban J connectivity index is 2.58. The molecule has 0 aliphatic carbocycles. The van der Waals surface area contributed by atoms with E-state index >= 15 is 0 Å². The molecule has 0 amide bonds. The molecular formula is C9H5F3N2O2. The lowest BCUT2D eigenvalue weighted by atomic mass is 10.3. The predicted molar refractivity (Wildman–Crippen MR) is 48.1 cm³/mol. The van der Waals surface area contributed by atoms with Gasteiger partial charge in [0.15, 0.2) is 0 Å². The second kappa shape index (κ2) is 3.22. The summed E-state index contributed by atoms with van der Waals surface area (Å²) in [7, 11) is 0. The molecule has 2 heterocycles. The zero-order chi connectivity index (χ0) is 11.9. The first-order chi connectivity index (χ1) is 7.38. The molecule has 0 aliphatic heterocycles. The number of aromatic carboxylic acids is 1. The summed E-state index contributed by atoms with van der Waals surface area (Å²) in [5.74, 6) is -1.24. The molecule has 0 aliphatic rings. The number of aromatic nitrogens is 2. The quantitative estimate of drug-likeness (QED) is 0.789. The fourth-order valence-electron chi connectivity index (χ4n) is 1.28. The number of carboxylic acids is 1. The first-order valence-electron chi connectivity index (χ1n) is 4.18. The van der Waals surface area contributed by atoms with Crippen LogP contribution in [0.4, 0.5) is 13.2 Å². The van der Waals surface area contributed by atoms with Crippen LogP contribution in [0.15, 0.2) is 18.2 Å². The topological polar surface area (TPSA) is 66.0 Å². The van der Waals surface area contributed by atoms with Crippen LogP contribution in [-0.4, -0.2) is 21.0 Å². The summed E-state index contributed by atoms with van der Waals surface area (Å²) < 4.78 is 36.9. The number of hydrogen-bond donors (Lipinski definition) is 2. The summed E-state index contributed by atoms with van der Waals surface area (Å²) in [6, 6.07) is 3.21. The van der Waals surface area contributed by atoms with Gasteiger partial charge in [-0.3, -0.25) is 0 Å². The third kappa shape index (κ3) is 1.71. The van der Waals surface area contributed by atoms with Crippen molar-refractivity contribution in [3.8, 4) is 0 Å². The number of pyridine rings is 1. The van der Waals surface area contributed by atoms with Crippen LogP contribution in [0.5, 0.6) is 0 Å². The first kappa shape index (κ1) is 10.5. The van der Waals surface area contributed by atoms with E-state index in [4.69, 9.17) is 5.11 Å². The van der Waals surface area contributed by atoms with E-state index in [2.05, 4.69) is 9.97 Å². The largest absolute Gasteiger partial charge is 0.477 e. The Morgan fingerprint density at radius 3 is 2.62 bits per heavy atom. The Bertz CT molecular complexity index is 559. The van der Waals surface area contributed by atoms with Crippen molar-refractivity contribution in [3.63, 3.8) is 0 Å². The molecule has 0 fully saturated rings. The van der Waals surface area contributed by atoms with Crippen LogP contribution < -0.4 is 0 Å². The molecule has 0 radical (unpaired) electrons. The number of hydrogen-bond acceptors (Lipinski definition) is 2. The first-order valence-corrected chi connectivity index (χ1v) is 4.18. The summed E-state index contributed by atoms with van der Waals surface area (Å²) in [5, 5.41) is 8.96. The minimum atomic E-state index is -4.54. The molecule has 0 saturated carbocycles. The van der Waals surface area contributed by atoms with Gasteiger partial charge in [-0.15, -0.1) is 0 Å². The average molecular weight is 230 g/mol. The number of rotatable bonds is 1. The molecule has 84 valence electrons. The van der Waals surface area contributed by atoms with Gasteiger partial charge in [0.25, 0.3) is 0 Å². The van der Waals surface area contributed by atoms with Crippen molar-refractivity contribution < 1.29 is 23.1 Å². The van der Waals surface area contributed by atoms with Crippen LogP contribution >= 0.6 is 0 Å². The van der Waals surface area contributed by atoms with Gasteiger partial charge < -0.3 is 10.1 Å². The second-order valence-corrected chi connectivity index (χ2v) is 3.12. The number of carboxylic acid groups (broad SMARTS) is 1. The average Bonchev–Trinajstić information content (AvgIpc) is 2.58. The third-order valence-corrected chi connectivity index (χ3v) is 2.00. The molecule has 0 atom stereocenters. The smallest absolute Gasteiger partial charge is 0.433 e. The number of nitrogens with zero attached hydrogens (tertiary/aromatic N) is 1. The molecule has 2 N–H and O–H groups in total. The van der Waals surface area contributed by atoms with E-state index in [0.717, 1.165) is 6.07 Å². The number of aromatic amines is 1. The van der Waals surface area contributed by atoms with Crippen LogP contribution in [0.2, 0.25) is 0 Å². The van der Waals surface area contributed by atoms with Crippen molar-refractivity contribution in [1.29, 1.82) is 0 Å². The van der Waals surface area contributed by atoms with E-state index in [9.17, 15) is 18.0 Å². The molecule has 2 rings (SSSR count). The zero-order valence-corrected chi connectivity index (χ0v) is 7.67. The lowest BCUT2D eigenvalue weighted by Crippen LogP contribution is -2.07. The normalized spacial score (nSPS) is 11.9. The van der Waals surface area contributed by atoms with Crippen LogP contribution in [0, 0.1) is 0 Å². The van der Waals surface area contributed by atoms with Gasteiger partial charge in [-0.1, -0.05) is 0 Å². The Labute approximate surface area is 86.7 Å². The minimum Gasteiger partial charge on any atom is -0.477 e. The van der Waals surface area contributed by atoms with Crippen LogP contribution in [0.3, 0.4) is 0 Å². The van der Waals surface area contributed by atoms with Gasteiger partial charge in [-0.2, -0.15) is 13.2 Å². The molecule has 7 heteroatoms. The highest BCUT2D eigenvalue weighted by Crippen LogP contribution is 2.28. The Morgan fingerprint density at radius 2 is 2.06 bits per heavy atom. The fourth-order valence-corrected chi connectivity index (χ4v) is 1.28. The number of nitrogens with one attached hydrogen (secondary N) is 1. The third-order valence-electron chi connectivity index (χ3n) is 2.00. The number of fused-ring (bicyclic) bond motifs is 1. The number of carbonyl (C=O) groups is 1. The van der Waals surface area contributed by atoms with E-state index in [1.807, 2.05) is 0 Å². The summed E-state index contributed by atoms with van der Waals surface area (Å²) >= 11 is 0. The Morgan fingerprint density at radius 1 is 1.38 bits per heavy atom. The van der Waals surface area contributed by atoms with Crippen molar-refractivity contribution in [1.82, 2.24) is 9.97 Å². The van der Waals surface area contributed by atoms with Crippen molar-refractivity contribution in [2.45, 2.75) is 6.18 Å². The molecule has 0 saturated heterocycles. The van der Waals surface area contributed by atoms with Crippen LogP contribution in [0.25, 0.3) is 11.0 Å². The highest BCUT2D eigenvalue weighted by molar-refractivity contribution is 5.92. The summed E-state index contributed by atoms with van der Waals surface area (Å²) in [4.78, 5) is 16.2. The maximum atomic E-state index is 12.3. The maximum absolute atomic E-state index is 12.3. The predicted octanol–water partition coefficient (Wildman–Crippen LogP) is 2.28. The SMILES string of the molecule is O=C(O)c1cc2ccc(C(F)(F)F)nc2[nH]1. The molecule has 16 heavy (non-hydrogen) atoms. The molecule has 0 bridgehead atoms. The molecule has 0 aromatic carbocycles. The highest BCUT2D eigenvalue weighted by Gasteiger charge is 2.32. The van der Waals surface area contributed by atoms with Crippen molar-refractivity contribution in [2.75, 3.05) is 0 Å². The van der Waals surface area contributed by atoms with Crippen molar-refractivity contribution in [3.05, 3.63) is 29.6 Å². The van der Waals surface area contributed by atoms with Crippen molar-refractivity contribution in [2.24, 2.45) is 0 Å². The van der Waals surface area contributed by atoms with Crippen LogP contribution in [-0.2, 0) is 6.18 Å². The maximum Gasteiger partial charge on any atom is 0.433 e. The van der Waals surface area contributed by atoms with E-state index < -0.39 is 17.8 Å². The van der Waals surface area contributed by atoms with Crippen molar-refractivity contribution >= 4 is 17.0 Å². The van der Waals surface area contributed by atoms with Gasteiger partial charge >= 0.3 is 12.1 Å². The van der Waals surface area contributed by atoms with Gasteiger partial charge in [0.1, 0.15) is 17.0 Å². The molecule has 4 nitrogen and oxygen atoms in total. The monoisotopic (exact) mass is 230 g/mol. The Hall–Kier alpha value is -2.05. The van der Waals surface area contributed by atoms with Gasteiger partial charge in [0.2, 0.25) is 0 Å². The minimum absolute atomic E-state index is 0.0905. The van der Waals surface area contributed by atoms with E-state index in [1.165, 1.54) is 12.1 Å². The number of halogens is 3. The molecule has 2 aromatic heterocycles. The Kier molecular flexibility index (Phi) is 2.11. The van der Waals surface area contributed by atoms with E-state index in [1.54, 1.807) is 0 Å². The van der Waals surface area contributed by atoms with E-state index in [0.29, 0.717) is 5.39 Å². The lowest BCUT2D eigenvalue weighted by molar-refractivity contribution is -0.141. The van der Waals surface area contributed by atoms with Gasteiger partial charge in [-0.05, 0) is 18.2 Å². The summed E-state index contributed by atoms with van der Waals surface area (Å²) in [6.07, 6.45) is -4.54. The molecule has 2 aromatic rings. The standard InChI is InChI=1S/C9H5F3N2O2/c10-9(11,12)6-2-1-4-3-5(8(15)16)13-7(4)14-6/h1-3H,(H,13,14)(H,15,16). The summed E-state index contributed by atoms with van der Waals surface area (Å²) in [6.45, 7) is 0. The zero-order valence-electron chi connectivity index (χ0n) is 7.67. The molecule has 0 spiro atoms. The molecule has 0 unspecified atom stereocenters. The fraction of sp³-hybridized carbons (Fsp3) is 0.111. The van der Waals surface area contributed by atoms with Gasteiger partial charge in [-0.25, -0.2) is 9.78 Å². The van der Waals surface area contributed by atoms with Crippen LogP contribution in [0.1, 0.15) is 16.2 Å². The number of alkyl halides is 3. The second-order valence-electron chi connectivity index (χ2n) is 3.12. The van der Waals surface area contributed by atoms with E-state index in [-0.39, 0.29) is 11.3 Å². The molecular weight excluding hydrogens is 225 g/mol. The highest BCUT2D eigenvalue weighted by atomic mass is 19.4.